The van der Waals surface area contributed by atoms with Crippen LogP contribution in [0.5, 0.6) is 17.4 Å². The molecule has 0 spiro atoms. The third-order valence-corrected chi connectivity index (χ3v) is 2.66. The maximum absolute atomic E-state index is 5.65. The van der Waals surface area contributed by atoms with Crippen molar-refractivity contribution in [1.82, 2.24) is 10.3 Å². The number of benzene rings is 1. The van der Waals surface area contributed by atoms with Crippen molar-refractivity contribution >= 4 is 0 Å². The lowest BCUT2D eigenvalue weighted by molar-refractivity contribution is 0.412. The molecule has 4 heteroatoms. The van der Waals surface area contributed by atoms with Gasteiger partial charge in [0.25, 0.3) is 0 Å². The lowest BCUT2D eigenvalue weighted by Crippen LogP contribution is -2.11. The van der Waals surface area contributed by atoms with E-state index in [1.807, 2.05) is 42.6 Å². The third-order valence-electron chi connectivity index (χ3n) is 2.66. The average Bonchev–Trinajstić information content (AvgIpc) is 2.47. The van der Waals surface area contributed by atoms with Crippen molar-refractivity contribution in [2.45, 2.75) is 13.5 Å². The molecule has 0 fully saturated rings. The quantitative estimate of drug-likeness (QED) is 0.865. The number of nitrogens with zero attached hydrogens (tertiary/aromatic N) is 1. The molecule has 1 heterocycles. The van der Waals surface area contributed by atoms with Crippen molar-refractivity contribution in [3.8, 4) is 17.4 Å². The second-order valence-electron chi connectivity index (χ2n) is 4.06. The minimum absolute atomic E-state index is 0.588. The van der Waals surface area contributed by atoms with Crippen LogP contribution in [0.1, 0.15) is 12.5 Å². The van der Waals surface area contributed by atoms with Crippen LogP contribution in [-0.4, -0.2) is 18.6 Å². The summed E-state index contributed by atoms with van der Waals surface area (Å²) in [7, 11) is 1.64. The maximum atomic E-state index is 5.65. The van der Waals surface area contributed by atoms with Crippen LogP contribution in [-0.2, 0) is 6.54 Å². The van der Waals surface area contributed by atoms with E-state index in [1.54, 1.807) is 7.11 Å². The highest BCUT2D eigenvalue weighted by molar-refractivity contribution is 5.33. The summed E-state index contributed by atoms with van der Waals surface area (Å²) in [5.74, 6) is 2.14. The van der Waals surface area contributed by atoms with Crippen LogP contribution in [0.3, 0.4) is 0 Å². The summed E-state index contributed by atoms with van der Waals surface area (Å²) < 4.78 is 10.7. The molecule has 0 unspecified atom stereocenters. The molecule has 4 nitrogen and oxygen atoms in total. The molecule has 19 heavy (non-hydrogen) atoms. The standard InChI is InChI=1S/C15H18N2O2/c1-3-16-10-12-4-9-15(17-11-12)19-14-7-5-13(18-2)6-8-14/h4-9,11,16H,3,10H2,1-2H3. The van der Waals surface area contributed by atoms with Crippen LogP contribution < -0.4 is 14.8 Å². The first-order valence-electron chi connectivity index (χ1n) is 6.29. The normalized spacial score (nSPS) is 10.2. The molecule has 2 rings (SSSR count). The van der Waals surface area contributed by atoms with Crippen LogP contribution in [0.4, 0.5) is 0 Å². The van der Waals surface area contributed by atoms with E-state index < -0.39 is 0 Å². The average molecular weight is 258 g/mol. The van der Waals surface area contributed by atoms with Crippen molar-refractivity contribution in [1.29, 1.82) is 0 Å². The number of ether oxygens (including phenoxy) is 2. The molecular weight excluding hydrogens is 240 g/mol. The van der Waals surface area contributed by atoms with Gasteiger partial charge in [-0.2, -0.15) is 0 Å². The molecule has 0 atom stereocenters. The van der Waals surface area contributed by atoms with Gasteiger partial charge in [0.2, 0.25) is 5.88 Å². The predicted octanol–water partition coefficient (Wildman–Crippen LogP) is 2.99. The number of aromatic nitrogens is 1. The minimum Gasteiger partial charge on any atom is -0.497 e. The van der Waals surface area contributed by atoms with Crippen LogP contribution in [0, 0.1) is 0 Å². The summed E-state index contributed by atoms with van der Waals surface area (Å²) >= 11 is 0. The Kier molecular flexibility index (Phi) is 4.75. The van der Waals surface area contributed by atoms with Crippen LogP contribution in [0.25, 0.3) is 0 Å². The number of nitrogens with one attached hydrogen (secondary N) is 1. The van der Waals surface area contributed by atoms with E-state index in [0.29, 0.717) is 5.88 Å². The molecule has 0 saturated heterocycles. The summed E-state index contributed by atoms with van der Waals surface area (Å²) in [4.78, 5) is 4.28. The molecule has 1 N–H and O–H groups in total. The topological polar surface area (TPSA) is 43.4 Å². The van der Waals surface area contributed by atoms with Crippen LogP contribution in [0.15, 0.2) is 42.6 Å². The Morgan fingerprint density at radius 2 is 1.79 bits per heavy atom. The zero-order valence-electron chi connectivity index (χ0n) is 11.2. The van der Waals surface area contributed by atoms with E-state index in [0.717, 1.165) is 30.2 Å². The smallest absolute Gasteiger partial charge is 0.219 e. The molecular formula is C15H18N2O2. The molecule has 2 aromatic rings. The lowest BCUT2D eigenvalue weighted by atomic mass is 10.3. The molecule has 0 aliphatic heterocycles. The van der Waals surface area contributed by atoms with Crippen molar-refractivity contribution < 1.29 is 9.47 Å². The van der Waals surface area contributed by atoms with Gasteiger partial charge in [-0.3, -0.25) is 0 Å². The molecule has 100 valence electrons. The van der Waals surface area contributed by atoms with Gasteiger partial charge in [-0.1, -0.05) is 13.0 Å². The minimum atomic E-state index is 0.588. The molecule has 0 radical (unpaired) electrons. The number of methoxy groups -OCH3 is 1. The largest absolute Gasteiger partial charge is 0.497 e. The molecule has 0 aliphatic rings. The second kappa shape index (κ2) is 6.75. The SMILES string of the molecule is CCNCc1ccc(Oc2ccc(OC)cc2)nc1. The van der Waals surface area contributed by atoms with E-state index in [2.05, 4.69) is 17.2 Å². The van der Waals surface area contributed by atoms with Gasteiger partial charge in [0.1, 0.15) is 11.5 Å². The molecule has 0 saturated carbocycles. The molecule has 0 bridgehead atoms. The van der Waals surface area contributed by atoms with Gasteiger partial charge in [0, 0.05) is 18.8 Å². The van der Waals surface area contributed by atoms with E-state index in [-0.39, 0.29) is 0 Å². The molecule has 1 aromatic heterocycles. The van der Waals surface area contributed by atoms with Gasteiger partial charge < -0.3 is 14.8 Å². The van der Waals surface area contributed by atoms with Gasteiger partial charge >= 0.3 is 0 Å². The summed E-state index contributed by atoms with van der Waals surface area (Å²) in [6.45, 7) is 3.85. The first-order chi connectivity index (χ1) is 9.31. The Bertz CT molecular complexity index is 495. The van der Waals surface area contributed by atoms with Gasteiger partial charge in [-0.25, -0.2) is 4.98 Å². The Labute approximate surface area is 113 Å². The van der Waals surface area contributed by atoms with Crippen LogP contribution in [0.2, 0.25) is 0 Å². The summed E-state index contributed by atoms with van der Waals surface area (Å²) in [5.41, 5.74) is 1.14. The summed E-state index contributed by atoms with van der Waals surface area (Å²) in [5, 5.41) is 3.25. The fraction of sp³-hybridized carbons (Fsp3) is 0.267. The zero-order valence-corrected chi connectivity index (χ0v) is 11.2. The predicted molar refractivity (Wildman–Crippen MR) is 74.7 cm³/mol. The highest BCUT2D eigenvalue weighted by Gasteiger charge is 2.00. The van der Waals surface area contributed by atoms with Gasteiger partial charge in [0.15, 0.2) is 0 Å². The number of pyridine rings is 1. The number of hydrogen-bond donors (Lipinski definition) is 1. The Morgan fingerprint density at radius 3 is 2.37 bits per heavy atom. The third kappa shape index (κ3) is 3.96. The number of hydrogen-bond acceptors (Lipinski definition) is 4. The number of rotatable bonds is 6. The Balaban J connectivity index is 1.98. The van der Waals surface area contributed by atoms with Crippen molar-refractivity contribution in [2.75, 3.05) is 13.7 Å². The molecule has 0 aliphatic carbocycles. The first-order valence-corrected chi connectivity index (χ1v) is 6.29. The van der Waals surface area contributed by atoms with Gasteiger partial charge in [-0.05, 0) is 36.4 Å². The van der Waals surface area contributed by atoms with Crippen LogP contribution >= 0.6 is 0 Å². The van der Waals surface area contributed by atoms with Gasteiger partial charge in [0.05, 0.1) is 7.11 Å². The zero-order chi connectivity index (χ0) is 13.5. The monoisotopic (exact) mass is 258 g/mol. The Morgan fingerprint density at radius 1 is 1.05 bits per heavy atom. The molecule has 0 amide bonds. The fourth-order valence-corrected chi connectivity index (χ4v) is 1.61. The van der Waals surface area contributed by atoms with E-state index >= 15 is 0 Å². The van der Waals surface area contributed by atoms with Crippen molar-refractivity contribution in [3.05, 3.63) is 48.2 Å². The second-order valence-corrected chi connectivity index (χ2v) is 4.06. The highest BCUT2D eigenvalue weighted by atomic mass is 16.5. The van der Waals surface area contributed by atoms with Gasteiger partial charge in [-0.15, -0.1) is 0 Å². The first kappa shape index (κ1) is 13.4. The van der Waals surface area contributed by atoms with E-state index in [1.165, 1.54) is 0 Å². The van der Waals surface area contributed by atoms with Crippen molar-refractivity contribution in [2.24, 2.45) is 0 Å². The highest BCUT2D eigenvalue weighted by Crippen LogP contribution is 2.22. The maximum Gasteiger partial charge on any atom is 0.219 e. The summed E-state index contributed by atoms with van der Waals surface area (Å²) in [6, 6.07) is 11.3. The van der Waals surface area contributed by atoms with E-state index in [4.69, 9.17) is 9.47 Å². The lowest BCUT2D eigenvalue weighted by Gasteiger charge is -2.07. The summed E-state index contributed by atoms with van der Waals surface area (Å²) in [6.07, 6.45) is 1.82. The fourth-order valence-electron chi connectivity index (χ4n) is 1.61. The van der Waals surface area contributed by atoms with E-state index in [9.17, 15) is 0 Å². The van der Waals surface area contributed by atoms with Crippen molar-refractivity contribution in [3.63, 3.8) is 0 Å². The molecule has 1 aromatic carbocycles. The Hall–Kier alpha value is -2.07.